The Morgan fingerprint density at radius 1 is 1.09 bits per heavy atom. The zero-order valence-corrected chi connectivity index (χ0v) is 12.8. The van der Waals surface area contributed by atoms with Crippen molar-refractivity contribution in [2.45, 2.75) is 4.90 Å². The van der Waals surface area contributed by atoms with Gasteiger partial charge in [0.1, 0.15) is 0 Å². The van der Waals surface area contributed by atoms with Crippen molar-refractivity contribution in [2.75, 3.05) is 11.5 Å². The lowest BCUT2D eigenvalue weighted by atomic mass is 9.98. The third-order valence-electron chi connectivity index (χ3n) is 3.17. The van der Waals surface area contributed by atoms with E-state index in [2.05, 4.69) is 5.10 Å². The van der Waals surface area contributed by atoms with Crippen molar-refractivity contribution >= 4 is 27.2 Å². The van der Waals surface area contributed by atoms with Crippen molar-refractivity contribution in [2.24, 2.45) is 21.8 Å². The minimum absolute atomic E-state index is 0.122. The SMILES string of the molecule is NN/N=C(\N)c1c(-c2ccc(N)c(N)c2)cccc1S(N)(=O)=O. The average Bonchev–Trinajstić information content (AvgIpc) is 2.48. The summed E-state index contributed by atoms with van der Waals surface area (Å²) in [7, 11) is -4.03. The Kier molecular flexibility index (Phi) is 4.40. The molecule has 0 saturated carbocycles. The van der Waals surface area contributed by atoms with Crippen LogP contribution in [-0.2, 0) is 10.0 Å². The Hall–Kier alpha value is -2.82. The molecule has 0 bridgehead atoms. The minimum Gasteiger partial charge on any atom is -0.397 e. The molecule has 10 heteroatoms. The Morgan fingerprint density at radius 2 is 1.78 bits per heavy atom. The molecule has 0 saturated heterocycles. The van der Waals surface area contributed by atoms with Gasteiger partial charge in [-0.05, 0) is 29.3 Å². The summed E-state index contributed by atoms with van der Waals surface area (Å²) < 4.78 is 23.7. The van der Waals surface area contributed by atoms with Crippen LogP contribution in [0.15, 0.2) is 46.4 Å². The number of hydrogen-bond donors (Lipinski definition) is 6. The van der Waals surface area contributed by atoms with Crippen LogP contribution in [-0.4, -0.2) is 14.3 Å². The summed E-state index contributed by atoms with van der Waals surface area (Å²) in [5.41, 5.74) is 21.3. The van der Waals surface area contributed by atoms with E-state index in [1.807, 2.05) is 5.53 Å². The zero-order valence-electron chi connectivity index (χ0n) is 12.0. The Balaban J connectivity index is 2.83. The Labute approximate surface area is 133 Å². The van der Waals surface area contributed by atoms with Gasteiger partial charge in [0.2, 0.25) is 10.0 Å². The maximum atomic E-state index is 11.8. The van der Waals surface area contributed by atoms with Gasteiger partial charge < -0.3 is 17.2 Å². The van der Waals surface area contributed by atoms with Crippen molar-refractivity contribution in [3.63, 3.8) is 0 Å². The number of rotatable bonds is 4. The Morgan fingerprint density at radius 3 is 2.35 bits per heavy atom. The van der Waals surface area contributed by atoms with Gasteiger partial charge in [0, 0.05) is 5.56 Å². The third-order valence-corrected chi connectivity index (χ3v) is 4.12. The first-order valence-electron chi connectivity index (χ1n) is 6.36. The van der Waals surface area contributed by atoms with Crippen LogP contribution in [0.2, 0.25) is 0 Å². The molecular weight excluding hydrogens is 318 g/mol. The molecule has 2 rings (SSSR count). The second-order valence-corrected chi connectivity index (χ2v) is 6.22. The van der Waals surface area contributed by atoms with Crippen LogP contribution >= 0.6 is 0 Å². The van der Waals surface area contributed by atoms with Gasteiger partial charge in [-0.25, -0.2) is 24.9 Å². The van der Waals surface area contributed by atoms with Gasteiger partial charge in [-0.3, -0.25) is 0 Å². The van der Waals surface area contributed by atoms with Gasteiger partial charge in [-0.15, -0.1) is 5.10 Å². The van der Waals surface area contributed by atoms with Crippen LogP contribution in [0, 0.1) is 0 Å². The lowest BCUT2D eigenvalue weighted by molar-refractivity contribution is 0.597. The van der Waals surface area contributed by atoms with E-state index in [1.54, 1.807) is 24.3 Å². The molecule has 0 spiro atoms. The molecule has 0 heterocycles. The number of nitrogens with one attached hydrogen (secondary N) is 1. The monoisotopic (exact) mass is 335 g/mol. The molecule has 0 amide bonds. The highest BCUT2D eigenvalue weighted by atomic mass is 32.2. The van der Waals surface area contributed by atoms with E-state index in [1.165, 1.54) is 12.1 Å². The van der Waals surface area contributed by atoms with Gasteiger partial charge in [0.15, 0.2) is 5.84 Å². The number of nitrogens with zero attached hydrogens (tertiary/aromatic N) is 1. The van der Waals surface area contributed by atoms with E-state index in [4.69, 9.17) is 28.2 Å². The maximum Gasteiger partial charge on any atom is 0.238 e. The molecule has 0 fully saturated rings. The van der Waals surface area contributed by atoms with Gasteiger partial charge in [-0.2, -0.15) is 0 Å². The number of hydrazine groups is 1. The molecule has 122 valence electrons. The number of hydrogen-bond acceptors (Lipinski definition) is 7. The van der Waals surface area contributed by atoms with Crippen molar-refractivity contribution in [1.82, 2.24) is 5.53 Å². The van der Waals surface area contributed by atoms with E-state index in [0.717, 1.165) is 0 Å². The number of amidine groups is 1. The van der Waals surface area contributed by atoms with Gasteiger partial charge in [-0.1, -0.05) is 18.2 Å². The summed E-state index contributed by atoms with van der Waals surface area (Å²) in [6.45, 7) is 0. The molecule has 0 aliphatic carbocycles. The van der Waals surface area contributed by atoms with Crippen LogP contribution in [0.3, 0.4) is 0 Å². The molecule has 0 aliphatic rings. The standard InChI is InChI=1S/C13H17N7O2S/c14-9-5-4-7(6-10(9)15)8-2-1-3-11(23(18,21)22)12(8)13(16)19-20-17/h1-6,20H,14-15,17H2,(H2,16,19)(H2,18,21,22). The van der Waals surface area contributed by atoms with Gasteiger partial charge in [0.25, 0.3) is 0 Å². The normalized spacial score (nSPS) is 12.2. The van der Waals surface area contributed by atoms with E-state index in [-0.39, 0.29) is 16.3 Å². The van der Waals surface area contributed by atoms with E-state index in [0.29, 0.717) is 22.5 Å². The van der Waals surface area contributed by atoms with Crippen molar-refractivity contribution < 1.29 is 8.42 Å². The number of primary sulfonamides is 1. The van der Waals surface area contributed by atoms with Gasteiger partial charge >= 0.3 is 0 Å². The average molecular weight is 335 g/mol. The smallest absolute Gasteiger partial charge is 0.238 e. The molecule has 0 aliphatic heterocycles. The van der Waals surface area contributed by atoms with Crippen LogP contribution < -0.4 is 33.7 Å². The highest BCUT2D eigenvalue weighted by Crippen LogP contribution is 2.31. The minimum atomic E-state index is -4.03. The van der Waals surface area contributed by atoms with Crippen LogP contribution in [0.25, 0.3) is 11.1 Å². The van der Waals surface area contributed by atoms with E-state index < -0.39 is 10.0 Å². The first-order chi connectivity index (χ1) is 10.8. The van der Waals surface area contributed by atoms with E-state index in [9.17, 15) is 8.42 Å². The van der Waals surface area contributed by atoms with Crippen molar-refractivity contribution in [1.29, 1.82) is 0 Å². The van der Waals surface area contributed by atoms with Gasteiger partial charge in [0.05, 0.1) is 16.3 Å². The molecule has 9 nitrogen and oxygen atoms in total. The number of nitrogen functional groups attached to an aromatic ring is 2. The van der Waals surface area contributed by atoms with Crippen molar-refractivity contribution in [3.05, 3.63) is 42.0 Å². The maximum absolute atomic E-state index is 11.8. The highest BCUT2D eigenvalue weighted by molar-refractivity contribution is 7.89. The number of benzene rings is 2. The highest BCUT2D eigenvalue weighted by Gasteiger charge is 2.21. The van der Waals surface area contributed by atoms with Crippen LogP contribution in [0.4, 0.5) is 11.4 Å². The summed E-state index contributed by atoms with van der Waals surface area (Å²) in [6.07, 6.45) is 0. The predicted molar refractivity (Wildman–Crippen MR) is 90.1 cm³/mol. The second-order valence-electron chi connectivity index (χ2n) is 4.69. The molecule has 23 heavy (non-hydrogen) atoms. The first kappa shape index (κ1) is 16.5. The Bertz CT molecular complexity index is 878. The first-order valence-corrected chi connectivity index (χ1v) is 7.90. The number of hydrazone groups is 1. The summed E-state index contributed by atoms with van der Waals surface area (Å²) in [4.78, 5) is -0.179. The topological polar surface area (TPSA) is 189 Å². The van der Waals surface area contributed by atoms with E-state index >= 15 is 0 Å². The zero-order chi connectivity index (χ0) is 17.2. The molecule has 0 atom stereocenters. The molecule has 0 unspecified atom stereocenters. The second kappa shape index (κ2) is 6.12. The quantitative estimate of drug-likeness (QED) is 0.139. The largest absolute Gasteiger partial charge is 0.397 e. The third kappa shape index (κ3) is 3.34. The number of sulfonamides is 1. The fraction of sp³-hybridized carbons (Fsp3) is 0. The van der Waals surface area contributed by atoms with Crippen molar-refractivity contribution in [3.8, 4) is 11.1 Å². The van der Waals surface area contributed by atoms with Crippen LogP contribution in [0.5, 0.6) is 0 Å². The summed E-state index contributed by atoms with van der Waals surface area (Å²) >= 11 is 0. The summed E-state index contributed by atoms with van der Waals surface area (Å²) in [6, 6.07) is 9.41. The summed E-state index contributed by atoms with van der Waals surface area (Å²) in [5, 5.41) is 8.90. The summed E-state index contributed by atoms with van der Waals surface area (Å²) in [5.74, 6) is 4.99. The predicted octanol–water partition coefficient (Wildman–Crippen LogP) is -0.751. The number of anilines is 2. The molecule has 2 aromatic carbocycles. The van der Waals surface area contributed by atoms with Crippen LogP contribution in [0.1, 0.15) is 5.56 Å². The fourth-order valence-electron chi connectivity index (χ4n) is 2.14. The molecular formula is C13H17N7O2S. The lowest BCUT2D eigenvalue weighted by Crippen LogP contribution is -2.26. The fourth-order valence-corrected chi connectivity index (χ4v) is 2.91. The molecule has 0 radical (unpaired) electrons. The molecule has 11 N–H and O–H groups in total. The number of nitrogens with two attached hydrogens (primary N) is 5. The molecule has 2 aromatic rings. The lowest BCUT2D eigenvalue weighted by Gasteiger charge is -2.14. The molecule has 0 aromatic heterocycles.